The quantitative estimate of drug-likeness (QED) is 0.0721. The number of hydrogen-bond donors (Lipinski definition) is 0. The summed E-state index contributed by atoms with van der Waals surface area (Å²) in [7, 11) is 0. The van der Waals surface area contributed by atoms with Gasteiger partial charge in [0.05, 0.1) is 152 Å². The van der Waals surface area contributed by atoms with Crippen LogP contribution in [0.3, 0.4) is 0 Å². The molecule has 0 aliphatic rings. The van der Waals surface area contributed by atoms with E-state index < -0.39 is 0 Å². The Morgan fingerprint density at radius 1 is 0.341 bits per heavy atom. The molecule has 0 aromatic carbocycles. The van der Waals surface area contributed by atoms with Gasteiger partial charge in [-0.25, -0.2) is 0 Å². The van der Waals surface area contributed by atoms with Crippen LogP contribution in [0, 0.1) is 0 Å². The number of carbonyl (C=O) groups is 1. The standard InChI is InChI=1S/C31H62O13/c1-3-5-6-7-9-33-11-13-35-15-17-37-19-21-39-23-25-41-27-29-43-30-28-42-26-24-40-22-20-38-18-16-36-14-12-34-10-8-31(32)44-4-2/h3-30H2,1-2H3. The van der Waals surface area contributed by atoms with Crippen LogP contribution in [-0.2, 0) is 61.6 Å². The van der Waals surface area contributed by atoms with Crippen molar-refractivity contribution in [1.82, 2.24) is 0 Å². The predicted molar refractivity (Wildman–Crippen MR) is 164 cm³/mol. The number of hydrogen-bond acceptors (Lipinski definition) is 13. The summed E-state index contributed by atoms with van der Waals surface area (Å²) in [4.78, 5) is 11.1. The summed E-state index contributed by atoms with van der Waals surface area (Å²) in [6.45, 7) is 15.9. The van der Waals surface area contributed by atoms with Crippen LogP contribution in [0.1, 0.15) is 46.0 Å². The predicted octanol–water partition coefficient (Wildman–Crippen LogP) is 2.70. The molecular formula is C31H62O13. The first-order valence-corrected chi connectivity index (χ1v) is 16.3. The van der Waals surface area contributed by atoms with Gasteiger partial charge in [0.15, 0.2) is 0 Å². The first-order chi connectivity index (χ1) is 21.8. The summed E-state index contributed by atoms with van der Waals surface area (Å²) in [5.74, 6) is -0.249. The van der Waals surface area contributed by atoms with Crippen molar-refractivity contribution >= 4 is 5.97 Å². The zero-order chi connectivity index (χ0) is 31.9. The van der Waals surface area contributed by atoms with E-state index in [4.69, 9.17) is 56.8 Å². The molecule has 0 heterocycles. The second-order valence-corrected chi connectivity index (χ2v) is 9.35. The van der Waals surface area contributed by atoms with Crippen molar-refractivity contribution in [3.63, 3.8) is 0 Å². The molecule has 0 aromatic heterocycles. The summed E-state index contributed by atoms with van der Waals surface area (Å²) >= 11 is 0. The number of rotatable bonds is 39. The van der Waals surface area contributed by atoms with Gasteiger partial charge in [-0.2, -0.15) is 0 Å². The van der Waals surface area contributed by atoms with E-state index in [0.29, 0.717) is 145 Å². The Balaban J connectivity index is 3.05. The van der Waals surface area contributed by atoms with Crippen LogP contribution in [0.4, 0.5) is 0 Å². The lowest BCUT2D eigenvalue weighted by Crippen LogP contribution is -2.15. The minimum Gasteiger partial charge on any atom is -0.466 e. The highest BCUT2D eigenvalue weighted by Crippen LogP contribution is 1.98. The molecule has 0 N–H and O–H groups in total. The molecule has 0 rings (SSSR count). The molecule has 0 spiro atoms. The van der Waals surface area contributed by atoms with E-state index in [2.05, 4.69) is 6.92 Å². The zero-order valence-corrected chi connectivity index (χ0v) is 27.6. The number of unbranched alkanes of at least 4 members (excludes halogenated alkanes) is 3. The summed E-state index contributed by atoms with van der Waals surface area (Å²) < 4.78 is 64.8. The van der Waals surface area contributed by atoms with Crippen molar-refractivity contribution < 1.29 is 61.6 Å². The second kappa shape index (κ2) is 40.1. The monoisotopic (exact) mass is 642 g/mol. The van der Waals surface area contributed by atoms with Gasteiger partial charge in [0, 0.05) is 6.61 Å². The fraction of sp³-hybridized carbons (Fsp3) is 0.968. The summed E-state index contributed by atoms with van der Waals surface area (Å²) in [5.41, 5.74) is 0. The average Bonchev–Trinajstić information content (AvgIpc) is 3.02. The topological polar surface area (TPSA) is 128 Å². The largest absolute Gasteiger partial charge is 0.466 e. The lowest BCUT2D eigenvalue weighted by atomic mass is 10.2. The Morgan fingerprint density at radius 3 is 0.886 bits per heavy atom. The van der Waals surface area contributed by atoms with Gasteiger partial charge in [-0.3, -0.25) is 4.79 Å². The third kappa shape index (κ3) is 39.1. The SMILES string of the molecule is CCCCCCOCCOCCOCCOCCOCCOCCOCCOCCOCCOCCOCCC(=O)OCC. The summed E-state index contributed by atoms with van der Waals surface area (Å²) in [6.07, 6.45) is 5.15. The van der Waals surface area contributed by atoms with E-state index in [0.717, 1.165) is 13.0 Å². The fourth-order valence-corrected chi connectivity index (χ4v) is 3.32. The Morgan fingerprint density at radius 2 is 0.614 bits per heavy atom. The highest BCUT2D eigenvalue weighted by molar-refractivity contribution is 5.69. The molecule has 44 heavy (non-hydrogen) atoms. The van der Waals surface area contributed by atoms with Crippen molar-refractivity contribution in [3.05, 3.63) is 0 Å². The molecule has 0 saturated carbocycles. The van der Waals surface area contributed by atoms with Crippen molar-refractivity contribution in [3.8, 4) is 0 Å². The number of carbonyl (C=O) groups excluding carboxylic acids is 1. The Kier molecular flexibility index (Phi) is 39.2. The first-order valence-electron chi connectivity index (χ1n) is 16.3. The number of esters is 1. The van der Waals surface area contributed by atoms with Crippen LogP contribution >= 0.6 is 0 Å². The van der Waals surface area contributed by atoms with Gasteiger partial charge in [0.1, 0.15) is 0 Å². The maximum atomic E-state index is 11.1. The molecule has 0 radical (unpaired) electrons. The van der Waals surface area contributed by atoms with Gasteiger partial charge < -0.3 is 56.8 Å². The van der Waals surface area contributed by atoms with E-state index in [1.54, 1.807) is 6.92 Å². The molecule has 0 aliphatic carbocycles. The molecule has 0 bridgehead atoms. The Bertz CT molecular complexity index is 543. The van der Waals surface area contributed by atoms with Crippen molar-refractivity contribution in [2.45, 2.75) is 46.0 Å². The molecule has 0 atom stereocenters. The first kappa shape index (κ1) is 43.0. The van der Waals surface area contributed by atoms with Crippen LogP contribution in [0.25, 0.3) is 0 Å². The normalized spacial score (nSPS) is 11.4. The minimum absolute atomic E-state index is 0.249. The van der Waals surface area contributed by atoms with Crippen molar-refractivity contribution in [1.29, 1.82) is 0 Å². The molecule has 13 nitrogen and oxygen atoms in total. The van der Waals surface area contributed by atoms with E-state index in [-0.39, 0.29) is 12.4 Å². The van der Waals surface area contributed by atoms with Gasteiger partial charge >= 0.3 is 5.97 Å². The van der Waals surface area contributed by atoms with Gasteiger partial charge in [-0.15, -0.1) is 0 Å². The highest BCUT2D eigenvalue weighted by Gasteiger charge is 2.01. The molecule has 0 aromatic rings. The van der Waals surface area contributed by atoms with Gasteiger partial charge in [0.25, 0.3) is 0 Å². The van der Waals surface area contributed by atoms with E-state index in [1.807, 2.05) is 0 Å². The third-order valence-corrected chi connectivity index (χ3v) is 5.62. The second-order valence-electron chi connectivity index (χ2n) is 9.35. The lowest BCUT2D eigenvalue weighted by Gasteiger charge is -2.09. The molecule has 0 aliphatic heterocycles. The van der Waals surface area contributed by atoms with Crippen LogP contribution < -0.4 is 0 Å². The molecule has 0 fully saturated rings. The molecule has 0 amide bonds. The minimum atomic E-state index is -0.249. The lowest BCUT2D eigenvalue weighted by molar-refractivity contribution is -0.144. The van der Waals surface area contributed by atoms with Gasteiger partial charge in [-0.1, -0.05) is 26.2 Å². The van der Waals surface area contributed by atoms with Gasteiger partial charge in [-0.05, 0) is 13.3 Å². The van der Waals surface area contributed by atoms with E-state index in [9.17, 15) is 4.79 Å². The van der Waals surface area contributed by atoms with E-state index in [1.165, 1.54) is 19.3 Å². The number of ether oxygens (including phenoxy) is 12. The van der Waals surface area contributed by atoms with Gasteiger partial charge in [0.2, 0.25) is 0 Å². The fourth-order valence-electron chi connectivity index (χ4n) is 3.32. The van der Waals surface area contributed by atoms with E-state index >= 15 is 0 Å². The molecule has 264 valence electrons. The van der Waals surface area contributed by atoms with Crippen LogP contribution in [0.5, 0.6) is 0 Å². The Hall–Kier alpha value is -0.970. The molecule has 0 saturated heterocycles. The molecule has 13 heteroatoms. The summed E-state index contributed by atoms with van der Waals surface area (Å²) in [5, 5.41) is 0. The Labute approximate surface area is 265 Å². The maximum Gasteiger partial charge on any atom is 0.308 e. The summed E-state index contributed by atoms with van der Waals surface area (Å²) in [6, 6.07) is 0. The van der Waals surface area contributed by atoms with Crippen LogP contribution in [0.2, 0.25) is 0 Å². The van der Waals surface area contributed by atoms with Crippen molar-refractivity contribution in [2.24, 2.45) is 0 Å². The zero-order valence-electron chi connectivity index (χ0n) is 27.6. The third-order valence-electron chi connectivity index (χ3n) is 5.62. The average molecular weight is 643 g/mol. The van der Waals surface area contributed by atoms with Crippen LogP contribution in [0.15, 0.2) is 0 Å². The molecular weight excluding hydrogens is 580 g/mol. The smallest absolute Gasteiger partial charge is 0.308 e. The highest BCUT2D eigenvalue weighted by atomic mass is 16.6. The van der Waals surface area contributed by atoms with Crippen LogP contribution in [-0.4, -0.2) is 158 Å². The molecule has 0 unspecified atom stereocenters. The maximum absolute atomic E-state index is 11.1. The van der Waals surface area contributed by atoms with Crippen molar-refractivity contribution in [2.75, 3.05) is 152 Å².